The molecule has 23 heavy (non-hydrogen) atoms. The lowest BCUT2D eigenvalue weighted by molar-refractivity contribution is -0.123. The molecule has 0 saturated heterocycles. The van der Waals surface area contributed by atoms with E-state index in [1.165, 1.54) is 6.07 Å². The molecule has 1 aromatic rings. The molecule has 0 spiro atoms. The van der Waals surface area contributed by atoms with Gasteiger partial charge in [0.2, 0.25) is 5.91 Å². The highest BCUT2D eigenvalue weighted by molar-refractivity contribution is 5.85. The topological polar surface area (TPSA) is 67.4 Å². The Morgan fingerprint density at radius 1 is 1.35 bits per heavy atom. The Hall–Kier alpha value is -2.11. The number of fused-ring (bicyclic) bond motifs is 1. The summed E-state index contributed by atoms with van der Waals surface area (Å²) in [5.41, 5.74) is 0.843. The second-order valence-electron chi connectivity index (χ2n) is 6.78. The molecular weight excluding hydrogens is 299 g/mol. The van der Waals surface area contributed by atoms with Crippen LogP contribution in [-0.4, -0.2) is 23.6 Å². The third kappa shape index (κ3) is 4.43. The molecule has 6 heteroatoms. The zero-order valence-electron chi connectivity index (χ0n) is 13.9. The van der Waals surface area contributed by atoms with Crippen LogP contribution in [0.25, 0.3) is 0 Å². The maximum absolute atomic E-state index is 13.7. The van der Waals surface area contributed by atoms with Crippen LogP contribution in [0.1, 0.15) is 51.3 Å². The molecule has 1 aliphatic rings. The molecule has 0 saturated carbocycles. The molecule has 1 aromatic carbocycles. The highest BCUT2D eigenvalue weighted by Gasteiger charge is 2.28. The minimum Gasteiger partial charge on any atom is -0.444 e. The third-order valence-corrected chi connectivity index (χ3v) is 3.66. The van der Waals surface area contributed by atoms with E-state index in [0.717, 1.165) is 5.56 Å². The molecular formula is C17H23FN2O3. The van der Waals surface area contributed by atoms with Crippen LogP contribution in [0.2, 0.25) is 0 Å². The summed E-state index contributed by atoms with van der Waals surface area (Å²) in [6.45, 7) is 6.84. The van der Waals surface area contributed by atoms with E-state index in [0.29, 0.717) is 18.4 Å². The number of benzene rings is 1. The van der Waals surface area contributed by atoms with Gasteiger partial charge in [0.05, 0.1) is 6.04 Å². The number of nitrogens with one attached hydrogen (secondary N) is 2. The number of rotatable bonds is 3. The van der Waals surface area contributed by atoms with E-state index in [1.807, 2.05) is 6.07 Å². The number of carbonyl (C=O) groups is 2. The largest absolute Gasteiger partial charge is 0.444 e. The van der Waals surface area contributed by atoms with E-state index in [1.54, 1.807) is 33.8 Å². The van der Waals surface area contributed by atoms with Gasteiger partial charge in [-0.3, -0.25) is 4.79 Å². The quantitative estimate of drug-likeness (QED) is 0.899. The van der Waals surface area contributed by atoms with E-state index in [9.17, 15) is 14.0 Å². The number of hydrogen-bond acceptors (Lipinski definition) is 3. The van der Waals surface area contributed by atoms with Gasteiger partial charge in [-0.25, -0.2) is 9.18 Å². The van der Waals surface area contributed by atoms with E-state index >= 15 is 0 Å². The first-order valence-corrected chi connectivity index (χ1v) is 7.74. The fourth-order valence-electron chi connectivity index (χ4n) is 2.61. The van der Waals surface area contributed by atoms with Gasteiger partial charge in [-0.15, -0.1) is 0 Å². The highest BCUT2D eigenvalue weighted by Crippen LogP contribution is 2.32. The van der Waals surface area contributed by atoms with Crippen LogP contribution in [-0.2, 0) is 16.0 Å². The van der Waals surface area contributed by atoms with Crippen LogP contribution in [0, 0.1) is 5.82 Å². The van der Waals surface area contributed by atoms with Crippen molar-refractivity contribution in [3.05, 3.63) is 35.1 Å². The number of ether oxygens (including phenoxy) is 1. The van der Waals surface area contributed by atoms with Gasteiger partial charge in [-0.2, -0.15) is 0 Å². The first kappa shape index (κ1) is 17.2. The van der Waals surface area contributed by atoms with Crippen LogP contribution in [0.3, 0.4) is 0 Å². The van der Waals surface area contributed by atoms with Crippen molar-refractivity contribution >= 4 is 12.0 Å². The van der Waals surface area contributed by atoms with E-state index in [2.05, 4.69) is 10.6 Å². The molecule has 0 aromatic heterocycles. The molecule has 0 fully saturated rings. The van der Waals surface area contributed by atoms with Crippen molar-refractivity contribution in [3.8, 4) is 0 Å². The smallest absolute Gasteiger partial charge is 0.408 e. The van der Waals surface area contributed by atoms with E-state index in [4.69, 9.17) is 4.74 Å². The van der Waals surface area contributed by atoms with Gasteiger partial charge >= 0.3 is 6.09 Å². The van der Waals surface area contributed by atoms with Crippen LogP contribution in [0.15, 0.2) is 18.2 Å². The summed E-state index contributed by atoms with van der Waals surface area (Å²) in [6, 6.07) is 3.93. The predicted octanol–water partition coefficient (Wildman–Crippen LogP) is 2.84. The third-order valence-electron chi connectivity index (χ3n) is 3.66. The molecule has 1 aliphatic carbocycles. The van der Waals surface area contributed by atoms with Crippen molar-refractivity contribution in [1.29, 1.82) is 0 Å². The maximum atomic E-state index is 13.7. The number of amides is 2. The Bertz CT molecular complexity index is 610. The van der Waals surface area contributed by atoms with Gasteiger partial charge in [0.15, 0.2) is 0 Å². The molecule has 5 nitrogen and oxygen atoms in total. The minimum absolute atomic E-state index is 0.226. The van der Waals surface area contributed by atoms with Gasteiger partial charge in [0, 0.05) is 0 Å². The van der Waals surface area contributed by atoms with Gasteiger partial charge in [-0.1, -0.05) is 12.1 Å². The second-order valence-corrected chi connectivity index (χ2v) is 6.78. The summed E-state index contributed by atoms with van der Waals surface area (Å²) in [6.07, 6.45) is 0.611. The van der Waals surface area contributed by atoms with Crippen LogP contribution >= 0.6 is 0 Å². The molecule has 2 rings (SSSR count). The summed E-state index contributed by atoms with van der Waals surface area (Å²) in [7, 11) is 0. The number of alkyl carbamates (subject to hydrolysis) is 1. The SMILES string of the molecule is C[C@@H](NC(=O)OC(C)(C)C)C(=O)N[C@H]1CCc2c(F)cccc21. The zero-order chi connectivity index (χ0) is 17.2. The van der Waals surface area contributed by atoms with Crippen molar-refractivity contribution < 1.29 is 18.7 Å². The van der Waals surface area contributed by atoms with Gasteiger partial charge in [0.25, 0.3) is 0 Å². The number of hydrogen-bond donors (Lipinski definition) is 2. The number of carbonyl (C=O) groups excluding carboxylic acids is 2. The molecule has 2 amide bonds. The average Bonchev–Trinajstić information content (AvgIpc) is 2.81. The number of halogens is 1. The Morgan fingerprint density at radius 3 is 2.70 bits per heavy atom. The fourth-order valence-corrected chi connectivity index (χ4v) is 2.61. The molecule has 2 N–H and O–H groups in total. The van der Waals surface area contributed by atoms with Crippen molar-refractivity contribution in [2.75, 3.05) is 0 Å². The Morgan fingerprint density at radius 2 is 2.04 bits per heavy atom. The molecule has 126 valence electrons. The summed E-state index contributed by atoms with van der Waals surface area (Å²) in [5.74, 6) is -0.558. The molecule has 2 atom stereocenters. The Balaban J connectivity index is 1.93. The monoisotopic (exact) mass is 322 g/mol. The van der Waals surface area contributed by atoms with Crippen LogP contribution in [0.4, 0.5) is 9.18 Å². The normalized spacial score (nSPS) is 18.0. The molecule has 0 aliphatic heterocycles. The summed E-state index contributed by atoms with van der Waals surface area (Å²) < 4.78 is 18.8. The second kappa shape index (κ2) is 6.56. The Kier molecular flexibility index (Phi) is 4.92. The van der Waals surface area contributed by atoms with Gasteiger partial charge in [-0.05, 0) is 57.7 Å². The van der Waals surface area contributed by atoms with Crippen LogP contribution in [0.5, 0.6) is 0 Å². The lowest BCUT2D eigenvalue weighted by Crippen LogP contribution is -2.47. The average molecular weight is 322 g/mol. The van der Waals surface area contributed by atoms with Crippen LogP contribution < -0.4 is 10.6 Å². The summed E-state index contributed by atoms with van der Waals surface area (Å²) >= 11 is 0. The zero-order valence-corrected chi connectivity index (χ0v) is 13.9. The van der Waals surface area contributed by atoms with E-state index in [-0.39, 0.29) is 17.8 Å². The lowest BCUT2D eigenvalue weighted by Gasteiger charge is -2.22. The minimum atomic E-state index is -0.734. The summed E-state index contributed by atoms with van der Waals surface area (Å²) in [5, 5.41) is 5.35. The molecule has 0 unspecified atom stereocenters. The highest BCUT2D eigenvalue weighted by atomic mass is 19.1. The van der Waals surface area contributed by atoms with Crippen molar-refractivity contribution in [1.82, 2.24) is 10.6 Å². The van der Waals surface area contributed by atoms with Crippen molar-refractivity contribution in [3.63, 3.8) is 0 Å². The summed E-state index contributed by atoms with van der Waals surface area (Å²) in [4.78, 5) is 23.9. The first-order chi connectivity index (χ1) is 10.7. The van der Waals surface area contributed by atoms with Gasteiger partial charge in [0.1, 0.15) is 17.5 Å². The predicted molar refractivity (Wildman–Crippen MR) is 84.4 cm³/mol. The Labute approximate surface area is 135 Å². The van der Waals surface area contributed by atoms with Crippen molar-refractivity contribution in [2.45, 2.75) is 58.2 Å². The fraction of sp³-hybridized carbons (Fsp3) is 0.529. The van der Waals surface area contributed by atoms with E-state index < -0.39 is 17.7 Å². The van der Waals surface area contributed by atoms with Gasteiger partial charge < -0.3 is 15.4 Å². The van der Waals surface area contributed by atoms with Crippen molar-refractivity contribution in [2.24, 2.45) is 0 Å². The maximum Gasteiger partial charge on any atom is 0.408 e. The first-order valence-electron chi connectivity index (χ1n) is 7.74. The standard InChI is InChI=1S/C17H23FN2O3/c1-10(19-16(22)23-17(2,3)4)15(21)20-14-9-8-11-12(14)6-5-7-13(11)18/h5-7,10,14H,8-9H2,1-4H3,(H,19,22)(H,20,21)/t10-,14+/m1/s1. The molecule has 0 radical (unpaired) electrons. The molecule has 0 bridgehead atoms. The lowest BCUT2D eigenvalue weighted by atomic mass is 10.1. The molecule has 0 heterocycles.